The van der Waals surface area contributed by atoms with Gasteiger partial charge in [-0.15, -0.1) is 0 Å². The van der Waals surface area contributed by atoms with Crippen LogP contribution >= 0.6 is 11.6 Å². The molecule has 0 saturated carbocycles. The maximum Gasteiger partial charge on any atom is 0.306 e. The fourth-order valence-electron chi connectivity index (χ4n) is 2.75. The standard InChI is InChI=1S/C18H24ClNO3/c1-12(2)18(3,10-13-4-6-15(19)7-5-13)20-16(21)8-14-9-17(22)23-11-14/h4-7,12,14H,8-11H2,1-3H3,(H,20,21)/t14-,18-/m0/s1. The molecule has 2 rings (SSSR count). The molecule has 0 aromatic heterocycles. The molecule has 2 atom stereocenters. The number of carbonyl (C=O) groups is 2. The summed E-state index contributed by atoms with van der Waals surface area (Å²) in [5.74, 6) is 0.0204. The van der Waals surface area contributed by atoms with Gasteiger partial charge in [0.1, 0.15) is 0 Å². The number of hydrogen-bond donors (Lipinski definition) is 1. The van der Waals surface area contributed by atoms with Crippen LogP contribution in [0.4, 0.5) is 0 Å². The minimum Gasteiger partial charge on any atom is -0.465 e. The summed E-state index contributed by atoms with van der Waals surface area (Å²) in [6, 6.07) is 7.69. The van der Waals surface area contributed by atoms with E-state index in [1.165, 1.54) is 0 Å². The van der Waals surface area contributed by atoms with Crippen LogP contribution < -0.4 is 5.32 Å². The molecule has 0 aliphatic carbocycles. The SMILES string of the molecule is CC(C)[C@](C)(Cc1ccc(Cl)cc1)NC(=O)C[C@@H]1COC(=O)C1. The minimum absolute atomic E-state index is 0.00514. The summed E-state index contributed by atoms with van der Waals surface area (Å²) in [6.07, 6.45) is 1.39. The zero-order valence-electron chi connectivity index (χ0n) is 13.9. The smallest absolute Gasteiger partial charge is 0.306 e. The lowest BCUT2D eigenvalue weighted by Gasteiger charge is -2.35. The van der Waals surface area contributed by atoms with E-state index in [1.54, 1.807) is 0 Å². The van der Waals surface area contributed by atoms with Gasteiger partial charge in [-0.3, -0.25) is 9.59 Å². The van der Waals surface area contributed by atoms with Crippen LogP contribution in [0.1, 0.15) is 39.2 Å². The fraction of sp³-hybridized carbons (Fsp3) is 0.556. The predicted molar refractivity (Wildman–Crippen MR) is 90.2 cm³/mol. The summed E-state index contributed by atoms with van der Waals surface area (Å²) in [4.78, 5) is 23.5. The number of ether oxygens (including phenoxy) is 1. The summed E-state index contributed by atoms with van der Waals surface area (Å²) in [5.41, 5.74) is 0.777. The molecule has 0 unspecified atom stereocenters. The van der Waals surface area contributed by atoms with Crippen molar-refractivity contribution in [3.8, 4) is 0 Å². The third kappa shape index (κ3) is 4.96. The lowest BCUT2D eigenvalue weighted by Crippen LogP contribution is -2.52. The molecule has 0 radical (unpaired) electrons. The van der Waals surface area contributed by atoms with Crippen LogP contribution in [0.5, 0.6) is 0 Å². The fourth-order valence-corrected chi connectivity index (χ4v) is 2.87. The van der Waals surface area contributed by atoms with Gasteiger partial charge >= 0.3 is 5.97 Å². The average Bonchev–Trinajstić information content (AvgIpc) is 2.86. The molecule has 0 spiro atoms. The lowest BCUT2D eigenvalue weighted by molar-refractivity contribution is -0.138. The van der Waals surface area contributed by atoms with Crippen molar-refractivity contribution < 1.29 is 14.3 Å². The third-order valence-electron chi connectivity index (χ3n) is 4.59. The van der Waals surface area contributed by atoms with Crippen LogP contribution in [-0.2, 0) is 20.7 Å². The van der Waals surface area contributed by atoms with Gasteiger partial charge in [-0.25, -0.2) is 0 Å². The number of rotatable bonds is 6. The van der Waals surface area contributed by atoms with Gasteiger partial charge in [0.05, 0.1) is 13.0 Å². The summed E-state index contributed by atoms with van der Waals surface area (Å²) in [6.45, 7) is 6.60. The molecule has 5 heteroatoms. The number of carbonyl (C=O) groups excluding carboxylic acids is 2. The molecule has 0 bridgehead atoms. The normalized spacial score (nSPS) is 20.2. The second kappa shape index (κ2) is 7.35. The van der Waals surface area contributed by atoms with E-state index in [-0.39, 0.29) is 29.3 Å². The number of hydrogen-bond acceptors (Lipinski definition) is 3. The highest BCUT2D eigenvalue weighted by molar-refractivity contribution is 6.30. The van der Waals surface area contributed by atoms with Gasteiger partial charge in [0.25, 0.3) is 0 Å². The van der Waals surface area contributed by atoms with Crippen LogP contribution in [-0.4, -0.2) is 24.0 Å². The Morgan fingerprint density at radius 3 is 2.57 bits per heavy atom. The second-order valence-corrected chi connectivity index (χ2v) is 7.32. The first-order valence-corrected chi connectivity index (χ1v) is 8.37. The number of cyclic esters (lactones) is 1. The maximum absolute atomic E-state index is 12.4. The first kappa shape index (κ1) is 17.8. The second-order valence-electron chi connectivity index (χ2n) is 6.88. The number of amides is 1. The number of nitrogens with one attached hydrogen (secondary N) is 1. The van der Waals surface area contributed by atoms with Crippen LogP contribution in [0.2, 0.25) is 5.02 Å². The van der Waals surface area contributed by atoms with Gasteiger partial charge < -0.3 is 10.1 Å². The Bertz CT molecular complexity index is 570. The van der Waals surface area contributed by atoms with E-state index in [9.17, 15) is 9.59 Å². The molecule has 1 heterocycles. The van der Waals surface area contributed by atoms with Gasteiger partial charge in [-0.05, 0) is 37.0 Å². The number of benzene rings is 1. The zero-order valence-corrected chi connectivity index (χ0v) is 14.7. The Hall–Kier alpha value is -1.55. The molecule has 1 aliphatic heterocycles. The van der Waals surface area contributed by atoms with Crippen molar-refractivity contribution in [1.29, 1.82) is 0 Å². The number of halogens is 1. The van der Waals surface area contributed by atoms with Crippen molar-refractivity contribution in [2.24, 2.45) is 11.8 Å². The van der Waals surface area contributed by atoms with Gasteiger partial charge in [0, 0.05) is 22.9 Å². The first-order chi connectivity index (χ1) is 10.8. The number of esters is 1. The average molecular weight is 338 g/mol. The molecule has 1 amide bonds. The molecular weight excluding hydrogens is 314 g/mol. The highest BCUT2D eigenvalue weighted by atomic mass is 35.5. The predicted octanol–water partition coefficient (Wildman–Crippen LogP) is 3.37. The Kier molecular flexibility index (Phi) is 5.69. The van der Waals surface area contributed by atoms with Crippen molar-refractivity contribution in [2.75, 3.05) is 6.61 Å². The molecule has 23 heavy (non-hydrogen) atoms. The minimum atomic E-state index is -0.353. The van der Waals surface area contributed by atoms with E-state index >= 15 is 0 Å². The van der Waals surface area contributed by atoms with Crippen molar-refractivity contribution in [3.05, 3.63) is 34.9 Å². The molecule has 1 aliphatic rings. The van der Waals surface area contributed by atoms with E-state index < -0.39 is 0 Å². The Morgan fingerprint density at radius 2 is 2.04 bits per heavy atom. The first-order valence-electron chi connectivity index (χ1n) is 7.99. The highest BCUT2D eigenvalue weighted by Crippen LogP contribution is 2.24. The summed E-state index contributed by atoms with van der Waals surface area (Å²) < 4.78 is 4.92. The van der Waals surface area contributed by atoms with Crippen molar-refractivity contribution in [3.63, 3.8) is 0 Å². The van der Waals surface area contributed by atoms with Crippen molar-refractivity contribution >= 4 is 23.5 Å². The van der Waals surface area contributed by atoms with E-state index in [4.69, 9.17) is 16.3 Å². The molecule has 1 aromatic carbocycles. The summed E-state index contributed by atoms with van der Waals surface area (Å²) in [5, 5.41) is 3.86. The summed E-state index contributed by atoms with van der Waals surface area (Å²) in [7, 11) is 0. The molecule has 4 nitrogen and oxygen atoms in total. The van der Waals surface area contributed by atoms with E-state index in [1.807, 2.05) is 24.3 Å². The van der Waals surface area contributed by atoms with Gasteiger partial charge in [0.15, 0.2) is 0 Å². The van der Waals surface area contributed by atoms with E-state index in [0.29, 0.717) is 24.5 Å². The van der Waals surface area contributed by atoms with Gasteiger partial charge in [0.2, 0.25) is 5.91 Å². The van der Waals surface area contributed by atoms with Crippen LogP contribution in [0.3, 0.4) is 0 Å². The van der Waals surface area contributed by atoms with E-state index in [2.05, 4.69) is 26.1 Å². The Morgan fingerprint density at radius 1 is 1.39 bits per heavy atom. The zero-order chi connectivity index (χ0) is 17.0. The monoisotopic (exact) mass is 337 g/mol. The topological polar surface area (TPSA) is 55.4 Å². The molecule has 1 fully saturated rings. The quantitative estimate of drug-likeness (QED) is 0.810. The lowest BCUT2D eigenvalue weighted by atomic mass is 9.82. The van der Waals surface area contributed by atoms with Crippen LogP contribution in [0.25, 0.3) is 0 Å². The summed E-state index contributed by atoms with van der Waals surface area (Å²) >= 11 is 5.93. The molecular formula is C18H24ClNO3. The third-order valence-corrected chi connectivity index (χ3v) is 4.85. The van der Waals surface area contributed by atoms with E-state index in [0.717, 1.165) is 12.0 Å². The van der Waals surface area contributed by atoms with Crippen molar-refractivity contribution in [2.45, 2.75) is 45.6 Å². The molecule has 1 aromatic rings. The highest BCUT2D eigenvalue weighted by Gasteiger charge is 2.32. The Labute approximate surface area is 142 Å². The Balaban J connectivity index is 2.00. The van der Waals surface area contributed by atoms with Crippen LogP contribution in [0, 0.1) is 11.8 Å². The molecule has 1 N–H and O–H groups in total. The van der Waals surface area contributed by atoms with Crippen molar-refractivity contribution in [1.82, 2.24) is 5.32 Å². The van der Waals surface area contributed by atoms with Gasteiger partial charge in [-0.1, -0.05) is 37.6 Å². The largest absolute Gasteiger partial charge is 0.465 e. The molecule has 1 saturated heterocycles. The maximum atomic E-state index is 12.4. The molecule has 126 valence electrons. The van der Waals surface area contributed by atoms with Gasteiger partial charge in [-0.2, -0.15) is 0 Å². The van der Waals surface area contributed by atoms with Crippen LogP contribution in [0.15, 0.2) is 24.3 Å².